The van der Waals surface area contributed by atoms with Crippen molar-refractivity contribution in [3.05, 3.63) is 0 Å². The van der Waals surface area contributed by atoms with E-state index in [4.69, 9.17) is 5.84 Å². The first kappa shape index (κ1) is 7.25. The molecule has 1 rings (SSSR count). The Kier molecular flexibility index (Phi) is 2.20. The molecule has 1 aromatic rings. The number of azo groups is 1. The normalized spacial score (nSPS) is 11.7. The molecule has 1 aromatic heterocycles. The summed E-state index contributed by atoms with van der Waals surface area (Å²) in [5, 5.41) is 20.5. The van der Waals surface area contributed by atoms with E-state index in [1.165, 1.54) is 4.68 Å². The number of aryl methyl sites for hydroxylation is 1. The second kappa shape index (κ2) is 3.34. The van der Waals surface area contributed by atoms with Gasteiger partial charge in [0, 0.05) is 7.05 Å². The molecule has 0 aliphatic carbocycles. The summed E-state index contributed by atoms with van der Waals surface area (Å²) >= 11 is 0. The van der Waals surface area contributed by atoms with Crippen molar-refractivity contribution in [3.8, 4) is 0 Å². The summed E-state index contributed by atoms with van der Waals surface area (Å²) < 4.78 is 1.37. The number of tetrazole rings is 1. The minimum Gasteiger partial charge on any atom is -0.322 e. The van der Waals surface area contributed by atoms with E-state index >= 15 is 0 Å². The molecule has 0 aliphatic rings. The first-order valence-corrected chi connectivity index (χ1v) is 2.69. The summed E-state index contributed by atoms with van der Waals surface area (Å²) in [7, 11) is 1.65. The van der Waals surface area contributed by atoms with Crippen LogP contribution >= 0.6 is 0 Å². The van der Waals surface area contributed by atoms with Crippen molar-refractivity contribution < 1.29 is 0 Å². The SMILES string of the molecule is Cn1nnnc1N=NC=NN. The van der Waals surface area contributed by atoms with Crippen molar-refractivity contribution in [2.24, 2.45) is 28.2 Å². The standard InChI is InChI=1S/C3H6N8/c1-11-3(8-9-10-11)7-6-2-5-4/h2H,4H2,1H3. The van der Waals surface area contributed by atoms with Crippen molar-refractivity contribution in [3.63, 3.8) is 0 Å². The molecule has 58 valence electrons. The molecule has 1 heterocycles. The second-order valence-electron chi connectivity index (χ2n) is 1.58. The van der Waals surface area contributed by atoms with Gasteiger partial charge in [0.15, 0.2) is 6.34 Å². The Bertz CT molecular complexity index is 271. The summed E-state index contributed by atoms with van der Waals surface area (Å²) in [6.07, 6.45) is 1.09. The number of rotatable bonds is 2. The molecule has 0 unspecified atom stereocenters. The molecular weight excluding hydrogens is 148 g/mol. The quantitative estimate of drug-likeness (QED) is 0.198. The van der Waals surface area contributed by atoms with Crippen LogP contribution in [0.15, 0.2) is 15.3 Å². The Morgan fingerprint density at radius 1 is 1.64 bits per heavy atom. The zero-order valence-electron chi connectivity index (χ0n) is 5.79. The van der Waals surface area contributed by atoms with Gasteiger partial charge in [-0.2, -0.15) is 5.10 Å². The van der Waals surface area contributed by atoms with Gasteiger partial charge in [0.25, 0.3) is 5.95 Å². The highest BCUT2D eigenvalue weighted by molar-refractivity contribution is 5.54. The fraction of sp³-hybridized carbons (Fsp3) is 0.333. The number of nitrogens with zero attached hydrogens (tertiary/aromatic N) is 7. The van der Waals surface area contributed by atoms with Crippen LogP contribution in [0.2, 0.25) is 0 Å². The van der Waals surface area contributed by atoms with Crippen LogP contribution in [0.5, 0.6) is 0 Å². The Balaban J connectivity index is 2.71. The van der Waals surface area contributed by atoms with Gasteiger partial charge in [-0.3, -0.25) is 0 Å². The van der Waals surface area contributed by atoms with Crippen molar-refractivity contribution in [2.45, 2.75) is 0 Å². The Morgan fingerprint density at radius 3 is 3.00 bits per heavy atom. The molecule has 0 atom stereocenters. The van der Waals surface area contributed by atoms with Gasteiger partial charge in [0.2, 0.25) is 0 Å². The third-order valence-corrected chi connectivity index (χ3v) is 0.863. The van der Waals surface area contributed by atoms with E-state index in [0.29, 0.717) is 5.95 Å². The van der Waals surface area contributed by atoms with Crippen molar-refractivity contribution in [1.29, 1.82) is 0 Å². The van der Waals surface area contributed by atoms with E-state index in [2.05, 4.69) is 30.9 Å². The van der Waals surface area contributed by atoms with Gasteiger partial charge in [-0.15, -0.1) is 10.2 Å². The molecule has 0 radical (unpaired) electrons. The topological polar surface area (TPSA) is 107 Å². The van der Waals surface area contributed by atoms with Crippen LogP contribution in [-0.4, -0.2) is 26.5 Å². The highest BCUT2D eigenvalue weighted by Crippen LogP contribution is 2.00. The third-order valence-electron chi connectivity index (χ3n) is 0.863. The molecule has 0 aromatic carbocycles. The highest BCUT2D eigenvalue weighted by atomic mass is 15.6. The molecule has 0 spiro atoms. The lowest BCUT2D eigenvalue weighted by atomic mass is 11.0. The van der Waals surface area contributed by atoms with Gasteiger partial charge in [0.05, 0.1) is 0 Å². The largest absolute Gasteiger partial charge is 0.322 e. The van der Waals surface area contributed by atoms with Crippen molar-refractivity contribution >= 4 is 12.3 Å². The maximum Gasteiger partial charge on any atom is 0.287 e. The van der Waals surface area contributed by atoms with Gasteiger partial charge >= 0.3 is 0 Å². The smallest absolute Gasteiger partial charge is 0.287 e. The zero-order chi connectivity index (χ0) is 8.10. The second-order valence-corrected chi connectivity index (χ2v) is 1.58. The highest BCUT2D eigenvalue weighted by Gasteiger charge is 1.95. The molecule has 8 nitrogen and oxygen atoms in total. The van der Waals surface area contributed by atoms with E-state index in [-0.39, 0.29) is 0 Å². The van der Waals surface area contributed by atoms with E-state index < -0.39 is 0 Å². The lowest BCUT2D eigenvalue weighted by molar-refractivity contribution is 0.710. The van der Waals surface area contributed by atoms with Crippen LogP contribution < -0.4 is 5.84 Å². The van der Waals surface area contributed by atoms with Crippen LogP contribution in [-0.2, 0) is 7.05 Å². The van der Waals surface area contributed by atoms with Gasteiger partial charge in [0.1, 0.15) is 0 Å². The van der Waals surface area contributed by atoms with Crippen molar-refractivity contribution in [2.75, 3.05) is 0 Å². The molecule has 2 N–H and O–H groups in total. The molecule has 0 aliphatic heterocycles. The fourth-order valence-electron chi connectivity index (χ4n) is 0.417. The van der Waals surface area contributed by atoms with E-state index in [1.54, 1.807) is 7.05 Å². The van der Waals surface area contributed by atoms with Crippen LogP contribution in [0.25, 0.3) is 0 Å². The molecule has 0 saturated heterocycles. The van der Waals surface area contributed by atoms with Gasteiger partial charge < -0.3 is 5.84 Å². The summed E-state index contributed by atoms with van der Waals surface area (Å²) in [4.78, 5) is 0. The maximum atomic E-state index is 4.76. The summed E-state index contributed by atoms with van der Waals surface area (Å²) in [6, 6.07) is 0. The molecule has 0 fully saturated rings. The van der Waals surface area contributed by atoms with Gasteiger partial charge in [-0.05, 0) is 10.4 Å². The van der Waals surface area contributed by atoms with E-state index in [1.807, 2.05) is 0 Å². The van der Waals surface area contributed by atoms with Crippen LogP contribution in [0, 0.1) is 0 Å². The lowest BCUT2D eigenvalue weighted by Crippen LogP contribution is -1.88. The number of aromatic nitrogens is 4. The number of hydrazone groups is 1. The summed E-state index contributed by atoms with van der Waals surface area (Å²) in [6.45, 7) is 0. The number of hydrogen-bond donors (Lipinski definition) is 1. The molecule has 0 amide bonds. The third kappa shape index (κ3) is 1.78. The van der Waals surface area contributed by atoms with E-state index in [0.717, 1.165) is 6.34 Å². The first-order chi connectivity index (χ1) is 5.34. The van der Waals surface area contributed by atoms with Crippen molar-refractivity contribution in [1.82, 2.24) is 20.2 Å². The van der Waals surface area contributed by atoms with Crippen LogP contribution in [0.4, 0.5) is 5.95 Å². The first-order valence-electron chi connectivity index (χ1n) is 2.69. The minimum absolute atomic E-state index is 0.296. The van der Waals surface area contributed by atoms with Gasteiger partial charge in [-0.25, -0.2) is 4.68 Å². The average molecular weight is 154 g/mol. The Hall–Kier alpha value is -1.86. The van der Waals surface area contributed by atoms with Gasteiger partial charge in [-0.1, -0.05) is 5.10 Å². The lowest BCUT2D eigenvalue weighted by Gasteiger charge is -1.83. The number of hydrogen-bond acceptors (Lipinski definition) is 6. The fourth-order valence-corrected chi connectivity index (χ4v) is 0.417. The predicted molar refractivity (Wildman–Crippen MR) is 36.0 cm³/mol. The maximum absolute atomic E-state index is 4.76. The average Bonchev–Trinajstić information content (AvgIpc) is 2.37. The molecule has 8 heteroatoms. The minimum atomic E-state index is 0.296. The van der Waals surface area contributed by atoms with Crippen LogP contribution in [0.3, 0.4) is 0 Å². The van der Waals surface area contributed by atoms with E-state index in [9.17, 15) is 0 Å². The monoisotopic (exact) mass is 154 g/mol. The summed E-state index contributed by atoms with van der Waals surface area (Å²) in [5.41, 5.74) is 0. The molecule has 0 bridgehead atoms. The number of nitrogens with two attached hydrogens (primary N) is 1. The molecule has 11 heavy (non-hydrogen) atoms. The Labute approximate surface area is 61.8 Å². The molecule has 0 saturated carbocycles. The predicted octanol–water partition coefficient (Wildman–Crippen LogP) is -0.804. The summed E-state index contributed by atoms with van der Waals surface area (Å²) in [5.74, 6) is 5.06. The van der Waals surface area contributed by atoms with Crippen LogP contribution in [0.1, 0.15) is 0 Å². The Morgan fingerprint density at radius 2 is 2.45 bits per heavy atom. The zero-order valence-corrected chi connectivity index (χ0v) is 5.79. The molecular formula is C3H6N8.